The van der Waals surface area contributed by atoms with Crippen molar-refractivity contribution in [3.63, 3.8) is 0 Å². The fourth-order valence-electron chi connectivity index (χ4n) is 2.22. The monoisotopic (exact) mass is 351 g/mol. The maximum atomic E-state index is 13.2. The van der Waals surface area contributed by atoms with Crippen molar-refractivity contribution in [3.8, 4) is 5.75 Å². The van der Waals surface area contributed by atoms with Crippen LogP contribution in [0.1, 0.15) is 17.5 Å². The lowest BCUT2D eigenvalue weighted by Gasteiger charge is -2.12. The molecule has 0 aliphatic rings. The Morgan fingerprint density at radius 1 is 1.14 bits per heavy atom. The minimum atomic E-state index is -0.245. The van der Waals surface area contributed by atoms with Crippen LogP contribution in [0.5, 0.6) is 5.75 Å². The van der Waals surface area contributed by atoms with E-state index < -0.39 is 0 Å². The van der Waals surface area contributed by atoms with Gasteiger partial charge in [-0.25, -0.2) is 4.39 Å². The lowest BCUT2D eigenvalue weighted by atomic mass is 10.00. The standard InChI is InChI=1S/C17H19BrFNO/c1-21-15-7-3-12(4-8-15)2-6-14(20)10-13-5-9-17(19)16(18)11-13/h3-5,7-9,11,14H,2,6,10,20H2,1H3. The number of ether oxygens (including phenoxy) is 1. The van der Waals surface area contributed by atoms with E-state index in [1.54, 1.807) is 19.2 Å². The van der Waals surface area contributed by atoms with Crippen LogP contribution < -0.4 is 10.5 Å². The Kier molecular flexibility index (Phi) is 5.76. The molecule has 112 valence electrons. The molecule has 2 rings (SSSR count). The maximum Gasteiger partial charge on any atom is 0.137 e. The van der Waals surface area contributed by atoms with E-state index in [2.05, 4.69) is 28.1 Å². The topological polar surface area (TPSA) is 35.2 Å². The van der Waals surface area contributed by atoms with Crippen LogP contribution in [0.15, 0.2) is 46.9 Å². The van der Waals surface area contributed by atoms with Crippen LogP contribution in [-0.4, -0.2) is 13.2 Å². The smallest absolute Gasteiger partial charge is 0.137 e. The number of aryl methyl sites for hydroxylation is 1. The number of benzene rings is 2. The van der Waals surface area contributed by atoms with Crippen molar-refractivity contribution >= 4 is 15.9 Å². The minimum Gasteiger partial charge on any atom is -0.497 e. The highest BCUT2D eigenvalue weighted by Gasteiger charge is 2.07. The molecular weight excluding hydrogens is 333 g/mol. The molecule has 0 radical (unpaired) electrons. The molecule has 0 bridgehead atoms. The highest BCUT2D eigenvalue weighted by Crippen LogP contribution is 2.19. The summed E-state index contributed by atoms with van der Waals surface area (Å²) in [4.78, 5) is 0. The van der Waals surface area contributed by atoms with E-state index in [0.717, 1.165) is 30.6 Å². The van der Waals surface area contributed by atoms with Crippen molar-refractivity contribution in [3.05, 3.63) is 63.9 Å². The summed E-state index contributed by atoms with van der Waals surface area (Å²) >= 11 is 3.20. The summed E-state index contributed by atoms with van der Waals surface area (Å²) in [6.07, 6.45) is 2.56. The van der Waals surface area contributed by atoms with Crippen molar-refractivity contribution < 1.29 is 9.13 Å². The fraction of sp³-hybridized carbons (Fsp3) is 0.294. The average Bonchev–Trinajstić information content (AvgIpc) is 2.49. The zero-order valence-corrected chi connectivity index (χ0v) is 13.6. The van der Waals surface area contributed by atoms with Crippen LogP contribution >= 0.6 is 15.9 Å². The van der Waals surface area contributed by atoms with Gasteiger partial charge < -0.3 is 10.5 Å². The van der Waals surface area contributed by atoms with Crippen molar-refractivity contribution in [1.82, 2.24) is 0 Å². The van der Waals surface area contributed by atoms with Gasteiger partial charge in [0.25, 0.3) is 0 Å². The molecular formula is C17H19BrFNO. The van der Waals surface area contributed by atoms with Gasteiger partial charge in [0.05, 0.1) is 11.6 Å². The number of hydrogen-bond acceptors (Lipinski definition) is 2. The van der Waals surface area contributed by atoms with E-state index in [1.165, 1.54) is 11.6 Å². The summed E-state index contributed by atoms with van der Waals surface area (Å²) in [6, 6.07) is 13.1. The molecule has 2 N–H and O–H groups in total. The largest absolute Gasteiger partial charge is 0.497 e. The van der Waals surface area contributed by atoms with Gasteiger partial charge >= 0.3 is 0 Å². The quantitative estimate of drug-likeness (QED) is 0.850. The number of hydrogen-bond donors (Lipinski definition) is 1. The Morgan fingerprint density at radius 2 is 1.81 bits per heavy atom. The SMILES string of the molecule is COc1ccc(CCC(N)Cc2ccc(F)c(Br)c2)cc1. The van der Waals surface area contributed by atoms with Gasteiger partial charge in [0.15, 0.2) is 0 Å². The van der Waals surface area contributed by atoms with Crippen LogP contribution in [0.3, 0.4) is 0 Å². The van der Waals surface area contributed by atoms with Gasteiger partial charge in [-0.05, 0) is 70.6 Å². The van der Waals surface area contributed by atoms with Gasteiger partial charge in [0.2, 0.25) is 0 Å². The summed E-state index contributed by atoms with van der Waals surface area (Å²) < 4.78 is 18.8. The third-order valence-corrected chi connectivity index (χ3v) is 4.05. The Morgan fingerprint density at radius 3 is 2.43 bits per heavy atom. The first-order valence-electron chi connectivity index (χ1n) is 6.91. The number of rotatable bonds is 6. The predicted octanol–water partition coefficient (Wildman–Crippen LogP) is 4.10. The zero-order valence-electron chi connectivity index (χ0n) is 12.0. The van der Waals surface area contributed by atoms with Crippen molar-refractivity contribution in [2.24, 2.45) is 5.73 Å². The minimum absolute atomic E-state index is 0.0597. The lowest BCUT2D eigenvalue weighted by molar-refractivity contribution is 0.414. The third kappa shape index (κ3) is 4.83. The van der Waals surface area contributed by atoms with Crippen LogP contribution in [-0.2, 0) is 12.8 Å². The molecule has 0 aromatic heterocycles. The molecule has 0 saturated carbocycles. The lowest BCUT2D eigenvalue weighted by Crippen LogP contribution is -2.23. The molecule has 0 fully saturated rings. The number of nitrogens with two attached hydrogens (primary N) is 1. The van der Waals surface area contributed by atoms with Gasteiger partial charge in [-0.1, -0.05) is 18.2 Å². The molecule has 2 nitrogen and oxygen atoms in total. The molecule has 0 aliphatic heterocycles. The summed E-state index contributed by atoms with van der Waals surface area (Å²) in [5, 5.41) is 0. The second-order valence-electron chi connectivity index (χ2n) is 5.10. The van der Waals surface area contributed by atoms with E-state index in [4.69, 9.17) is 10.5 Å². The van der Waals surface area contributed by atoms with Gasteiger partial charge in [-0.15, -0.1) is 0 Å². The van der Waals surface area contributed by atoms with Crippen LogP contribution in [0.25, 0.3) is 0 Å². The number of halogens is 2. The normalized spacial score (nSPS) is 12.2. The molecule has 21 heavy (non-hydrogen) atoms. The van der Waals surface area contributed by atoms with Crippen LogP contribution in [0.4, 0.5) is 4.39 Å². The van der Waals surface area contributed by atoms with Gasteiger partial charge in [0, 0.05) is 6.04 Å². The summed E-state index contributed by atoms with van der Waals surface area (Å²) in [7, 11) is 1.66. The Balaban J connectivity index is 1.86. The molecule has 0 heterocycles. The maximum absolute atomic E-state index is 13.2. The van der Waals surface area contributed by atoms with E-state index >= 15 is 0 Å². The zero-order chi connectivity index (χ0) is 15.2. The Labute approximate surface area is 133 Å². The van der Waals surface area contributed by atoms with Crippen molar-refractivity contribution in [1.29, 1.82) is 0 Å². The first-order chi connectivity index (χ1) is 10.1. The van der Waals surface area contributed by atoms with E-state index in [1.807, 2.05) is 12.1 Å². The molecule has 1 unspecified atom stereocenters. The van der Waals surface area contributed by atoms with E-state index in [9.17, 15) is 4.39 Å². The second kappa shape index (κ2) is 7.57. The fourth-order valence-corrected chi connectivity index (χ4v) is 2.64. The summed E-state index contributed by atoms with van der Waals surface area (Å²) in [6.45, 7) is 0. The van der Waals surface area contributed by atoms with Gasteiger partial charge in [0.1, 0.15) is 11.6 Å². The van der Waals surface area contributed by atoms with E-state index in [0.29, 0.717) is 4.47 Å². The van der Waals surface area contributed by atoms with Crippen LogP contribution in [0, 0.1) is 5.82 Å². The highest BCUT2D eigenvalue weighted by molar-refractivity contribution is 9.10. The number of methoxy groups -OCH3 is 1. The van der Waals surface area contributed by atoms with Gasteiger partial charge in [-0.3, -0.25) is 0 Å². The van der Waals surface area contributed by atoms with Crippen molar-refractivity contribution in [2.45, 2.75) is 25.3 Å². The van der Waals surface area contributed by atoms with E-state index in [-0.39, 0.29) is 11.9 Å². The van der Waals surface area contributed by atoms with Crippen LogP contribution in [0.2, 0.25) is 0 Å². The molecule has 0 aliphatic carbocycles. The van der Waals surface area contributed by atoms with Gasteiger partial charge in [-0.2, -0.15) is 0 Å². The third-order valence-electron chi connectivity index (χ3n) is 3.44. The predicted molar refractivity (Wildman–Crippen MR) is 87.1 cm³/mol. The summed E-state index contributed by atoms with van der Waals surface area (Å²) in [5.41, 5.74) is 8.45. The molecule has 0 saturated heterocycles. The Bertz CT molecular complexity index is 586. The molecule has 2 aromatic rings. The summed E-state index contributed by atoms with van der Waals surface area (Å²) in [5.74, 6) is 0.616. The Hall–Kier alpha value is -1.39. The molecule has 0 spiro atoms. The average molecular weight is 352 g/mol. The molecule has 2 aromatic carbocycles. The first-order valence-corrected chi connectivity index (χ1v) is 7.70. The molecule has 4 heteroatoms. The molecule has 1 atom stereocenters. The van der Waals surface area contributed by atoms with Crippen molar-refractivity contribution in [2.75, 3.05) is 7.11 Å². The molecule has 0 amide bonds. The second-order valence-corrected chi connectivity index (χ2v) is 5.95. The first kappa shape index (κ1) is 16.0. The highest BCUT2D eigenvalue weighted by atomic mass is 79.9.